The third-order valence-corrected chi connectivity index (χ3v) is 3.17. The van der Waals surface area contributed by atoms with E-state index in [1.165, 1.54) is 0 Å². The monoisotopic (exact) mass is 281 g/mol. The number of rotatable bonds is 4. The Kier molecular flexibility index (Phi) is 3.61. The summed E-state index contributed by atoms with van der Waals surface area (Å²) in [6, 6.07) is 10.9. The number of hydrogen-bond donors (Lipinski definition) is 2. The first-order valence-electron chi connectivity index (χ1n) is 6.50. The SMILES string of the molecule is COc1cccc([C@H](N)c2nc(-c3cccnc3)n[nH]2)c1. The van der Waals surface area contributed by atoms with E-state index in [2.05, 4.69) is 20.2 Å². The molecule has 0 aliphatic carbocycles. The summed E-state index contributed by atoms with van der Waals surface area (Å²) < 4.78 is 5.21. The lowest BCUT2D eigenvalue weighted by molar-refractivity contribution is 0.414. The lowest BCUT2D eigenvalue weighted by Gasteiger charge is -2.09. The Morgan fingerprint density at radius 3 is 2.90 bits per heavy atom. The molecule has 0 fully saturated rings. The molecule has 1 atom stereocenters. The Labute approximate surface area is 122 Å². The molecule has 0 saturated heterocycles. The third-order valence-electron chi connectivity index (χ3n) is 3.17. The molecule has 0 radical (unpaired) electrons. The van der Waals surface area contributed by atoms with Gasteiger partial charge in [0, 0.05) is 18.0 Å². The number of aromatic nitrogens is 4. The summed E-state index contributed by atoms with van der Waals surface area (Å²) in [5.41, 5.74) is 7.98. The number of hydrogen-bond acceptors (Lipinski definition) is 5. The zero-order valence-corrected chi connectivity index (χ0v) is 11.5. The van der Waals surface area contributed by atoms with E-state index in [4.69, 9.17) is 10.5 Å². The minimum atomic E-state index is -0.391. The largest absolute Gasteiger partial charge is 0.497 e. The number of aromatic amines is 1. The van der Waals surface area contributed by atoms with Gasteiger partial charge in [0.15, 0.2) is 5.82 Å². The fourth-order valence-corrected chi connectivity index (χ4v) is 2.03. The van der Waals surface area contributed by atoms with Gasteiger partial charge in [0.2, 0.25) is 0 Å². The summed E-state index contributed by atoms with van der Waals surface area (Å²) in [5.74, 6) is 1.94. The lowest BCUT2D eigenvalue weighted by Crippen LogP contribution is -2.13. The van der Waals surface area contributed by atoms with Crippen molar-refractivity contribution >= 4 is 0 Å². The number of nitrogens with two attached hydrogens (primary N) is 1. The Morgan fingerprint density at radius 1 is 1.24 bits per heavy atom. The number of nitrogens with one attached hydrogen (secondary N) is 1. The van der Waals surface area contributed by atoms with Gasteiger partial charge < -0.3 is 10.5 Å². The average Bonchev–Trinajstić information content (AvgIpc) is 3.05. The van der Waals surface area contributed by atoms with E-state index in [-0.39, 0.29) is 0 Å². The molecule has 6 nitrogen and oxygen atoms in total. The molecule has 6 heteroatoms. The molecule has 0 spiro atoms. The molecular formula is C15H15N5O. The van der Waals surface area contributed by atoms with Crippen LogP contribution in [-0.4, -0.2) is 27.3 Å². The summed E-state index contributed by atoms with van der Waals surface area (Å²) in [6.45, 7) is 0. The zero-order valence-electron chi connectivity index (χ0n) is 11.5. The van der Waals surface area contributed by atoms with Crippen molar-refractivity contribution in [1.29, 1.82) is 0 Å². The van der Waals surface area contributed by atoms with Gasteiger partial charge >= 0.3 is 0 Å². The van der Waals surface area contributed by atoms with Crippen molar-refractivity contribution in [3.8, 4) is 17.1 Å². The second-order valence-electron chi connectivity index (χ2n) is 4.54. The fourth-order valence-electron chi connectivity index (χ4n) is 2.03. The van der Waals surface area contributed by atoms with Crippen molar-refractivity contribution < 1.29 is 4.74 Å². The summed E-state index contributed by atoms with van der Waals surface area (Å²) in [6.07, 6.45) is 3.42. The quantitative estimate of drug-likeness (QED) is 0.762. The van der Waals surface area contributed by atoms with Gasteiger partial charge in [-0.05, 0) is 29.8 Å². The molecule has 0 aliphatic heterocycles. The van der Waals surface area contributed by atoms with Crippen LogP contribution in [0.1, 0.15) is 17.4 Å². The van der Waals surface area contributed by atoms with E-state index in [0.717, 1.165) is 16.9 Å². The van der Waals surface area contributed by atoms with Crippen molar-refractivity contribution in [2.24, 2.45) is 5.73 Å². The van der Waals surface area contributed by atoms with Crippen LogP contribution in [0.15, 0.2) is 48.8 Å². The summed E-state index contributed by atoms with van der Waals surface area (Å²) >= 11 is 0. The molecule has 0 saturated carbocycles. The normalized spacial score (nSPS) is 12.1. The van der Waals surface area contributed by atoms with E-state index < -0.39 is 6.04 Å². The predicted octanol–water partition coefficient (Wildman–Crippen LogP) is 1.92. The first kappa shape index (κ1) is 13.3. The van der Waals surface area contributed by atoms with E-state index in [9.17, 15) is 0 Å². The Bertz CT molecular complexity index is 726. The third kappa shape index (κ3) is 2.75. The number of ether oxygens (including phenoxy) is 1. The molecular weight excluding hydrogens is 266 g/mol. The molecule has 2 aromatic heterocycles. The Morgan fingerprint density at radius 2 is 2.14 bits per heavy atom. The van der Waals surface area contributed by atoms with E-state index in [1.807, 2.05) is 36.4 Å². The maximum Gasteiger partial charge on any atom is 0.182 e. The first-order chi connectivity index (χ1) is 10.3. The molecule has 0 unspecified atom stereocenters. The van der Waals surface area contributed by atoms with Crippen molar-refractivity contribution in [3.63, 3.8) is 0 Å². The maximum atomic E-state index is 6.23. The molecule has 2 heterocycles. The van der Waals surface area contributed by atoms with Gasteiger partial charge in [-0.2, -0.15) is 5.10 Å². The van der Waals surface area contributed by atoms with Crippen molar-refractivity contribution in [3.05, 3.63) is 60.2 Å². The van der Waals surface area contributed by atoms with E-state index >= 15 is 0 Å². The standard InChI is InChI=1S/C15H15N5O/c1-21-12-6-2-4-10(8-12)13(16)15-18-14(19-20-15)11-5-3-7-17-9-11/h2-9,13H,16H2,1H3,(H,18,19,20)/t13-/m0/s1. The Hall–Kier alpha value is -2.73. The van der Waals surface area contributed by atoms with Crippen molar-refractivity contribution in [2.75, 3.05) is 7.11 Å². The first-order valence-corrected chi connectivity index (χ1v) is 6.50. The van der Waals surface area contributed by atoms with Gasteiger partial charge in [-0.1, -0.05) is 12.1 Å². The number of methoxy groups -OCH3 is 1. The molecule has 3 rings (SSSR count). The van der Waals surface area contributed by atoms with Crippen LogP contribution in [0.4, 0.5) is 0 Å². The van der Waals surface area contributed by atoms with Crippen LogP contribution in [0.25, 0.3) is 11.4 Å². The number of nitrogens with zero attached hydrogens (tertiary/aromatic N) is 3. The fraction of sp³-hybridized carbons (Fsp3) is 0.133. The maximum absolute atomic E-state index is 6.23. The summed E-state index contributed by atoms with van der Waals surface area (Å²) in [5, 5.41) is 7.07. The summed E-state index contributed by atoms with van der Waals surface area (Å²) in [7, 11) is 1.62. The Balaban J connectivity index is 1.88. The predicted molar refractivity (Wildman–Crippen MR) is 78.6 cm³/mol. The summed E-state index contributed by atoms with van der Waals surface area (Å²) in [4.78, 5) is 8.49. The van der Waals surface area contributed by atoms with Gasteiger partial charge in [-0.15, -0.1) is 0 Å². The van der Waals surface area contributed by atoms with Crippen LogP contribution in [0, 0.1) is 0 Å². The van der Waals surface area contributed by atoms with E-state index in [1.54, 1.807) is 19.5 Å². The second kappa shape index (κ2) is 5.72. The van der Waals surface area contributed by atoms with Gasteiger partial charge in [0.05, 0.1) is 13.2 Å². The number of benzene rings is 1. The molecule has 106 valence electrons. The molecule has 3 aromatic rings. The van der Waals surface area contributed by atoms with Crippen LogP contribution in [0.5, 0.6) is 5.75 Å². The molecule has 21 heavy (non-hydrogen) atoms. The smallest absolute Gasteiger partial charge is 0.182 e. The highest BCUT2D eigenvalue weighted by Crippen LogP contribution is 2.22. The topological polar surface area (TPSA) is 89.7 Å². The highest BCUT2D eigenvalue weighted by molar-refractivity contribution is 5.52. The average molecular weight is 281 g/mol. The van der Waals surface area contributed by atoms with Gasteiger partial charge in [0.1, 0.15) is 11.6 Å². The van der Waals surface area contributed by atoms with E-state index in [0.29, 0.717) is 11.6 Å². The van der Waals surface area contributed by atoms with Gasteiger partial charge in [-0.3, -0.25) is 10.1 Å². The van der Waals surface area contributed by atoms with Crippen LogP contribution in [0.3, 0.4) is 0 Å². The lowest BCUT2D eigenvalue weighted by atomic mass is 10.1. The van der Waals surface area contributed by atoms with Crippen LogP contribution in [0.2, 0.25) is 0 Å². The number of H-pyrrole nitrogens is 1. The van der Waals surface area contributed by atoms with Gasteiger partial charge in [0.25, 0.3) is 0 Å². The minimum Gasteiger partial charge on any atom is -0.497 e. The highest BCUT2D eigenvalue weighted by Gasteiger charge is 2.15. The number of pyridine rings is 1. The highest BCUT2D eigenvalue weighted by atomic mass is 16.5. The molecule has 0 bridgehead atoms. The molecule has 3 N–H and O–H groups in total. The second-order valence-corrected chi connectivity index (χ2v) is 4.54. The molecule has 1 aromatic carbocycles. The molecule has 0 aliphatic rings. The van der Waals surface area contributed by atoms with Crippen LogP contribution >= 0.6 is 0 Å². The molecule has 0 amide bonds. The van der Waals surface area contributed by atoms with Crippen molar-refractivity contribution in [2.45, 2.75) is 6.04 Å². The van der Waals surface area contributed by atoms with Crippen LogP contribution < -0.4 is 10.5 Å². The zero-order chi connectivity index (χ0) is 14.7. The van der Waals surface area contributed by atoms with Crippen LogP contribution in [-0.2, 0) is 0 Å². The van der Waals surface area contributed by atoms with Crippen molar-refractivity contribution in [1.82, 2.24) is 20.2 Å². The van der Waals surface area contributed by atoms with Gasteiger partial charge in [-0.25, -0.2) is 4.98 Å². The minimum absolute atomic E-state index is 0.391.